The Morgan fingerprint density at radius 3 is 2.56 bits per heavy atom. The largest absolute Gasteiger partial charge is 1.00 e. The maximum absolute atomic E-state index is 3.87. The number of hydrogen-bond donors (Lipinski definition) is 0. The maximum atomic E-state index is 3.87. The third-order valence-electron chi connectivity index (χ3n) is 0.782. The SMILES string of the molecule is C/C=C1\N=NN(C)[N-]1.[Li+]. The molecule has 0 fully saturated rings. The molecular weight excluding hydrogens is 111 g/mol. The van der Waals surface area contributed by atoms with Crippen molar-refractivity contribution < 1.29 is 18.9 Å². The van der Waals surface area contributed by atoms with Crippen LogP contribution in [0.4, 0.5) is 0 Å². The normalized spacial score (nSPS) is 19.8. The Morgan fingerprint density at radius 1 is 1.67 bits per heavy atom. The number of hydrogen-bond acceptors (Lipinski definition) is 3. The van der Waals surface area contributed by atoms with Crippen LogP contribution in [0.25, 0.3) is 5.43 Å². The molecule has 1 rings (SSSR count). The van der Waals surface area contributed by atoms with Crippen molar-refractivity contribution in [1.29, 1.82) is 0 Å². The molecule has 0 aliphatic carbocycles. The van der Waals surface area contributed by atoms with Gasteiger partial charge >= 0.3 is 18.9 Å². The zero-order valence-corrected chi connectivity index (χ0v) is 5.87. The fourth-order valence-corrected chi connectivity index (χ4v) is 0.414. The minimum Gasteiger partial charge on any atom is -0.356 e. The first kappa shape index (κ1) is 8.54. The first-order chi connectivity index (χ1) is 3.83. The molecule has 0 N–H and O–H groups in total. The van der Waals surface area contributed by atoms with Gasteiger partial charge in [-0.15, -0.1) is 0 Å². The molecule has 1 heterocycles. The summed E-state index contributed by atoms with van der Waals surface area (Å²) < 4.78 is 0. The molecule has 0 aromatic rings. The molecule has 44 valence electrons. The van der Waals surface area contributed by atoms with Crippen molar-refractivity contribution in [3.8, 4) is 0 Å². The standard InChI is InChI=1S/C4H7N4.Li/c1-3-4-5-7-8(2)6-4;/h3H,1-2H3;/q-1;+1/b4-3+;. The fraction of sp³-hybridized carbons (Fsp3) is 0.500. The van der Waals surface area contributed by atoms with Crippen LogP contribution in [0.5, 0.6) is 0 Å². The van der Waals surface area contributed by atoms with Gasteiger partial charge in [0, 0.05) is 7.05 Å². The molecule has 0 unspecified atom stereocenters. The van der Waals surface area contributed by atoms with Gasteiger partial charge in [-0.3, -0.25) is 5.12 Å². The van der Waals surface area contributed by atoms with Crippen molar-refractivity contribution in [3.63, 3.8) is 0 Å². The molecule has 5 heteroatoms. The monoisotopic (exact) mass is 118 g/mol. The van der Waals surface area contributed by atoms with Crippen LogP contribution < -0.4 is 18.9 Å². The summed E-state index contributed by atoms with van der Waals surface area (Å²) >= 11 is 0. The van der Waals surface area contributed by atoms with E-state index in [1.54, 1.807) is 13.1 Å². The van der Waals surface area contributed by atoms with Crippen LogP contribution in [0.15, 0.2) is 22.2 Å². The van der Waals surface area contributed by atoms with Gasteiger partial charge in [-0.1, -0.05) is 6.08 Å². The van der Waals surface area contributed by atoms with E-state index in [-0.39, 0.29) is 18.9 Å². The molecule has 0 aromatic carbocycles. The van der Waals surface area contributed by atoms with Gasteiger partial charge in [0.25, 0.3) is 0 Å². The van der Waals surface area contributed by atoms with Gasteiger partial charge < -0.3 is 10.5 Å². The van der Waals surface area contributed by atoms with Crippen LogP contribution in [0.1, 0.15) is 6.92 Å². The topological polar surface area (TPSA) is 42.1 Å². The Labute approximate surface area is 66.1 Å². The molecule has 1 aliphatic heterocycles. The van der Waals surface area contributed by atoms with Crippen LogP contribution in [0.3, 0.4) is 0 Å². The van der Waals surface area contributed by atoms with Crippen molar-refractivity contribution in [2.24, 2.45) is 10.3 Å². The molecule has 0 saturated carbocycles. The fourth-order valence-electron chi connectivity index (χ4n) is 0.414. The third-order valence-corrected chi connectivity index (χ3v) is 0.782. The van der Waals surface area contributed by atoms with E-state index in [1.807, 2.05) is 6.92 Å². The quantitative estimate of drug-likeness (QED) is 0.355. The van der Waals surface area contributed by atoms with Gasteiger partial charge in [0.1, 0.15) is 0 Å². The molecule has 9 heavy (non-hydrogen) atoms. The van der Waals surface area contributed by atoms with Gasteiger partial charge in [-0.25, -0.2) is 0 Å². The van der Waals surface area contributed by atoms with Crippen LogP contribution in [-0.2, 0) is 0 Å². The van der Waals surface area contributed by atoms with E-state index in [1.165, 1.54) is 5.12 Å². The second kappa shape index (κ2) is 3.54. The van der Waals surface area contributed by atoms with E-state index in [2.05, 4.69) is 15.8 Å². The Kier molecular flexibility index (Phi) is 3.36. The molecular formula is C4H7LiN4. The zero-order chi connectivity index (χ0) is 5.98. The summed E-state index contributed by atoms with van der Waals surface area (Å²) in [6.07, 6.45) is 1.80. The van der Waals surface area contributed by atoms with Crippen LogP contribution in [-0.4, -0.2) is 12.2 Å². The molecule has 1 aliphatic rings. The average Bonchev–Trinajstić information content (AvgIpc) is 2.14. The van der Waals surface area contributed by atoms with Crippen molar-refractivity contribution in [2.45, 2.75) is 6.92 Å². The Morgan fingerprint density at radius 2 is 2.33 bits per heavy atom. The summed E-state index contributed by atoms with van der Waals surface area (Å²) in [5, 5.41) is 8.72. The predicted molar refractivity (Wildman–Crippen MR) is 29.7 cm³/mol. The summed E-state index contributed by atoms with van der Waals surface area (Å²) in [5.74, 6) is 0.674. The molecule has 0 amide bonds. The smallest absolute Gasteiger partial charge is 0.356 e. The van der Waals surface area contributed by atoms with E-state index in [4.69, 9.17) is 0 Å². The second-order valence-electron chi connectivity index (χ2n) is 1.43. The van der Waals surface area contributed by atoms with Crippen LogP contribution in [0.2, 0.25) is 0 Å². The van der Waals surface area contributed by atoms with Gasteiger partial charge in [-0.05, 0) is 12.7 Å². The summed E-state index contributed by atoms with van der Waals surface area (Å²) in [7, 11) is 1.74. The average molecular weight is 118 g/mol. The molecule has 4 nitrogen and oxygen atoms in total. The Bertz CT molecular complexity index is 142. The number of allylic oxidation sites excluding steroid dienone is 1. The minimum atomic E-state index is 0. The van der Waals surface area contributed by atoms with Crippen molar-refractivity contribution >= 4 is 0 Å². The molecule has 0 spiro atoms. The van der Waals surface area contributed by atoms with Crippen molar-refractivity contribution in [1.82, 2.24) is 5.12 Å². The Hall–Kier alpha value is -0.463. The van der Waals surface area contributed by atoms with Crippen LogP contribution in [0, 0.1) is 0 Å². The van der Waals surface area contributed by atoms with E-state index >= 15 is 0 Å². The first-order valence-corrected chi connectivity index (χ1v) is 2.36. The van der Waals surface area contributed by atoms with Gasteiger partial charge in [0.05, 0.1) is 0 Å². The zero-order valence-electron chi connectivity index (χ0n) is 5.87. The second-order valence-corrected chi connectivity index (χ2v) is 1.43. The number of nitrogens with zero attached hydrogens (tertiary/aromatic N) is 4. The molecule has 0 saturated heterocycles. The van der Waals surface area contributed by atoms with Crippen molar-refractivity contribution in [2.75, 3.05) is 7.05 Å². The molecule has 0 radical (unpaired) electrons. The first-order valence-electron chi connectivity index (χ1n) is 2.36. The van der Waals surface area contributed by atoms with Gasteiger partial charge in [-0.2, -0.15) is 5.22 Å². The van der Waals surface area contributed by atoms with E-state index in [9.17, 15) is 0 Å². The summed E-state index contributed by atoms with van der Waals surface area (Å²) in [4.78, 5) is 0. The van der Waals surface area contributed by atoms with Gasteiger partial charge in [0.2, 0.25) is 0 Å². The van der Waals surface area contributed by atoms with Crippen LogP contribution >= 0.6 is 0 Å². The number of rotatable bonds is 0. The minimum absolute atomic E-state index is 0. The predicted octanol–water partition coefficient (Wildman–Crippen LogP) is -1.55. The maximum Gasteiger partial charge on any atom is 1.00 e. The van der Waals surface area contributed by atoms with E-state index in [0.717, 1.165) is 0 Å². The Balaban J connectivity index is 0.000000640. The van der Waals surface area contributed by atoms with E-state index in [0.29, 0.717) is 5.82 Å². The summed E-state index contributed by atoms with van der Waals surface area (Å²) in [6, 6.07) is 0. The third kappa shape index (κ3) is 2.08. The summed E-state index contributed by atoms with van der Waals surface area (Å²) in [6.45, 7) is 1.87. The van der Waals surface area contributed by atoms with E-state index < -0.39 is 0 Å². The molecule has 0 aromatic heterocycles. The van der Waals surface area contributed by atoms with Gasteiger partial charge in [0.15, 0.2) is 0 Å². The molecule has 0 atom stereocenters. The molecule has 0 bridgehead atoms. The summed E-state index contributed by atoms with van der Waals surface area (Å²) in [5.41, 5.74) is 3.87. The van der Waals surface area contributed by atoms with Crippen molar-refractivity contribution in [3.05, 3.63) is 17.3 Å².